The molecule has 20 heavy (non-hydrogen) atoms. The van der Waals surface area contributed by atoms with E-state index < -0.39 is 0 Å². The van der Waals surface area contributed by atoms with Gasteiger partial charge in [-0.1, -0.05) is 12.2 Å². The molecule has 0 N–H and O–H groups in total. The summed E-state index contributed by atoms with van der Waals surface area (Å²) in [6, 6.07) is 0. The zero-order chi connectivity index (χ0) is 13.8. The van der Waals surface area contributed by atoms with Crippen molar-refractivity contribution < 1.29 is 0 Å². The first-order chi connectivity index (χ1) is 9.84. The number of hydrogen-bond donors (Lipinski definition) is 0. The summed E-state index contributed by atoms with van der Waals surface area (Å²) in [4.78, 5) is 10.3. The lowest BCUT2D eigenvalue weighted by molar-refractivity contribution is 0.525. The Morgan fingerprint density at radius 1 is 1.35 bits per heavy atom. The first kappa shape index (κ1) is 13.6. The van der Waals surface area contributed by atoms with Gasteiger partial charge in [-0.15, -0.1) is 11.3 Å². The summed E-state index contributed by atoms with van der Waals surface area (Å²) in [6.07, 6.45) is 14.5. The number of hydrogen-bond acceptors (Lipinski definition) is 3. The van der Waals surface area contributed by atoms with E-state index in [0.29, 0.717) is 5.92 Å². The van der Waals surface area contributed by atoms with Crippen molar-refractivity contribution in [3.63, 3.8) is 0 Å². The van der Waals surface area contributed by atoms with Crippen LogP contribution >= 0.6 is 11.3 Å². The Morgan fingerprint density at radius 2 is 2.30 bits per heavy atom. The van der Waals surface area contributed by atoms with Gasteiger partial charge in [0.25, 0.3) is 0 Å². The van der Waals surface area contributed by atoms with Crippen LogP contribution in [0.3, 0.4) is 0 Å². The molecule has 1 atom stereocenters. The number of aromatic nitrogens is 3. The van der Waals surface area contributed by atoms with Gasteiger partial charge in [-0.05, 0) is 39.0 Å². The highest BCUT2D eigenvalue weighted by Gasteiger charge is 2.17. The van der Waals surface area contributed by atoms with Gasteiger partial charge >= 0.3 is 0 Å². The van der Waals surface area contributed by atoms with Crippen molar-refractivity contribution in [2.45, 2.75) is 51.5 Å². The predicted molar refractivity (Wildman–Crippen MR) is 83.1 cm³/mol. The maximum absolute atomic E-state index is 4.59. The molecule has 3 rings (SSSR count). The van der Waals surface area contributed by atoms with E-state index in [4.69, 9.17) is 0 Å². The van der Waals surface area contributed by atoms with Gasteiger partial charge < -0.3 is 4.57 Å². The molecule has 0 fully saturated rings. The third kappa shape index (κ3) is 3.01. The zero-order valence-corrected chi connectivity index (χ0v) is 12.8. The smallest absolute Gasteiger partial charge is 0.112 e. The molecule has 0 aromatic carbocycles. The zero-order valence-electron chi connectivity index (χ0n) is 12.0. The number of rotatable bonds is 5. The van der Waals surface area contributed by atoms with Gasteiger partial charge in [0.1, 0.15) is 5.82 Å². The summed E-state index contributed by atoms with van der Waals surface area (Å²) in [7, 11) is 0. The lowest BCUT2D eigenvalue weighted by Gasteiger charge is -2.18. The van der Waals surface area contributed by atoms with E-state index in [-0.39, 0.29) is 0 Å². The fourth-order valence-electron chi connectivity index (χ4n) is 2.87. The van der Waals surface area contributed by atoms with Crippen LogP contribution in [-0.2, 0) is 13.0 Å². The van der Waals surface area contributed by atoms with E-state index >= 15 is 0 Å². The monoisotopic (exact) mass is 287 g/mol. The number of thiazole rings is 1. The normalized spacial score (nSPS) is 18.6. The van der Waals surface area contributed by atoms with Gasteiger partial charge in [0, 0.05) is 29.7 Å². The molecule has 0 unspecified atom stereocenters. The fraction of sp³-hybridized carbons (Fsp3) is 0.500. The SMILES string of the molecule is Cc1ncsc1CCCn1ccnc1[C@H]1CC=CCC1. The second-order valence-electron chi connectivity index (χ2n) is 5.42. The molecule has 4 heteroatoms. The molecular formula is C16H21N3S. The van der Waals surface area contributed by atoms with Crippen molar-refractivity contribution >= 4 is 11.3 Å². The Bertz CT molecular complexity index is 582. The molecule has 0 bridgehead atoms. The van der Waals surface area contributed by atoms with Crippen LogP contribution in [0.25, 0.3) is 0 Å². The van der Waals surface area contributed by atoms with Gasteiger partial charge in [0.05, 0.1) is 11.2 Å². The van der Waals surface area contributed by atoms with Crippen molar-refractivity contribution in [3.8, 4) is 0 Å². The summed E-state index contributed by atoms with van der Waals surface area (Å²) >= 11 is 1.77. The van der Waals surface area contributed by atoms with E-state index in [9.17, 15) is 0 Å². The van der Waals surface area contributed by atoms with Gasteiger partial charge in [-0.3, -0.25) is 0 Å². The number of allylic oxidation sites excluding steroid dienone is 2. The van der Waals surface area contributed by atoms with Gasteiger partial charge in [0.15, 0.2) is 0 Å². The molecule has 1 aliphatic rings. The van der Waals surface area contributed by atoms with Crippen molar-refractivity contribution in [1.82, 2.24) is 14.5 Å². The van der Waals surface area contributed by atoms with E-state index in [1.54, 1.807) is 11.3 Å². The Morgan fingerprint density at radius 3 is 3.05 bits per heavy atom. The van der Waals surface area contributed by atoms with E-state index in [1.165, 1.54) is 29.2 Å². The highest BCUT2D eigenvalue weighted by molar-refractivity contribution is 7.09. The summed E-state index contributed by atoms with van der Waals surface area (Å²) in [5, 5.41) is 0. The van der Waals surface area contributed by atoms with E-state index in [1.807, 2.05) is 11.7 Å². The molecule has 2 aromatic rings. The summed E-state index contributed by atoms with van der Waals surface area (Å²) in [6.45, 7) is 3.16. The third-order valence-corrected chi connectivity index (χ3v) is 5.02. The molecule has 0 saturated heterocycles. The Kier molecular flexibility index (Phi) is 4.31. The van der Waals surface area contributed by atoms with Crippen LogP contribution in [0.1, 0.15) is 48.0 Å². The average molecular weight is 287 g/mol. The largest absolute Gasteiger partial charge is 0.335 e. The average Bonchev–Trinajstić information content (AvgIpc) is 3.10. The van der Waals surface area contributed by atoms with Crippen LogP contribution in [0, 0.1) is 6.92 Å². The highest BCUT2D eigenvalue weighted by Crippen LogP contribution is 2.28. The van der Waals surface area contributed by atoms with Gasteiger partial charge in [-0.2, -0.15) is 0 Å². The minimum absolute atomic E-state index is 0.611. The minimum atomic E-state index is 0.611. The van der Waals surface area contributed by atoms with Crippen LogP contribution in [0.2, 0.25) is 0 Å². The number of nitrogens with zero attached hydrogens (tertiary/aromatic N) is 3. The maximum Gasteiger partial charge on any atom is 0.112 e. The molecule has 0 radical (unpaired) electrons. The van der Waals surface area contributed by atoms with Crippen LogP contribution in [-0.4, -0.2) is 14.5 Å². The first-order valence-electron chi connectivity index (χ1n) is 7.39. The predicted octanol–water partition coefficient (Wildman–Crippen LogP) is 4.10. The Labute approximate surface area is 124 Å². The van der Waals surface area contributed by atoms with Crippen molar-refractivity contribution in [1.29, 1.82) is 0 Å². The molecule has 1 aliphatic carbocycles. The fourth-order valence-corrected chi connectivity index (χ4v) is 3.70. The molecule has 0 spiro atoms. The van der Waals surface area contributed by atoms with Crippen LogP contribution in [0.4, 0.5) is 0 Å². The molecule has 3 nitrogen and oxygen atoms in total. The standard InChI is InChI=1S/C16H21N3S/c1-13-15(20-12-18-13)8-5-10-19-11-9-17-16(19)14-6-3-2-4-7-14/h2-3,9,11-12,14H,4-8,10H2,1H3/t14-/m0/s1. The van der Waals surface area contributed by atoms with Gasteiger partial charge in [0.2, 0.25) is 0 Å². The second kappa shape index (κ2) is 6.35. The highest BCUT2D eigenvalue weighted by atomic mass is 32.1. The van der Waals surface area contributed by atoms with Crippen molar-refractivity contribution in [3.05, 3.63) is 46.5 Å². The summed E-state index contributed by atoms with van der Waals surface area (Å²) in [5.41, 5.74) is 3.14. The molecule has 2 heterocycles. The minimum Gasteiger partial charge on any atom is -0.335 e. The number of aryl methyl sites for hydroxylation is 3. The Balaban J connectivity index is 1.59. The van der Waals surface area contributed by atoms with Crippen molar-refractivity contribution in [2.75, 3.05) is 0 Å². The number of imidazole rings is 1. The lowest BCUT2D eigenvalue weighted by atomic mass is 9.93. The van der Waals surface area contributed by atoms with Crippen LogP contribution < -0.4 is 0 Å². The Hall–Kier alpha value is -1.42. The molecule has 0 aliphatic heterocycles. The van der Waals surface area contributed by atoms with E-state index in [0.717, 1.165) is 25.8 Å². The molecule has 0 amide bonds. The quantitative estimate of drug-likeness (QED) is 0.775. The van der Waals surface area contributed by atoms with E-state index in [2.05, 4.69) is 39.8 Å². The van der Waals surface area contributed by atoms with Gasteiger partial charge in [-0.25, -0.2) is 9.97 Å². The maximum atomic E-state index is 4.59. The van der Waals surface area contributed by atoms with Crippen molar-refractivity contribution in [2.24, 2.45) is 0 Å². The molecule has 2 aromatic heterocycles. The third-order valence-electron chi connectivity index (χ3n) is 4.03. The second-order valence-corrected chi connectivity index (χ2v) is 6.36. The van der Waals surface area contributed by atoms with Crippen LogP contribution in [0.5, 0.6) is 0 Å². The molecular weight excluding hydrogens is 266 g/mol. The van der Waals surface area contributed by atoms with Crippen LogP contribution in [0.15, 0.2) is 30.1 Å². The topological polar surface area (TPSA) is 30.7 Å². The molecule has 0 saturated carbocycles. The molecule has 106 valence electrons. The summed E-state index contributed by atoms with van der Waals surface area (Å²) in [5.74, 6) is 1.88. The summed E-state index contributed by atoms with van der Waals surface area (Å²) < 4.78 is 2.35. The first-order valence-corrected chi connectivity index (χ1v) is 8.27. The lowest BCUT2D eigenvalue weighted by Crippen LogP contribution is -2.10.